The zero-order valence-electron chi connectivity index (χ0n) is 17.7. The molecule has 1 aliphatic rings. The number of carboxylic acid groups (broad SMARTS) is 1. The first-order chi connectivity index (χ1) is 15.9. The highest BCUT2D eigenvalue weighted by molar-refractivity contribution is 6.35. The van der Waals surface area contributed by atoms with Crippen LogP contribution in [0.15, 0.2) is 72.8 Å². The van der Waals surface area contributed by atoms with Crippen molar-refractivity contribution in [1.29, 1.82) is 0 Å². The molecule has 33 heavy (non-hydrogen) atoms. The predicted octanol–water partition coefficient (Wildman–Crippen LogP) is 6.32. The Kier molecular flexibility index (Phi) is 7.06. The quantitative estimate of drug-likeness (QED) is 0.425. The van der Waals surface area contributed by atoms with E-state index in [9.17, 15) is 14.7 Å². The Morgan fingerprint density at radius 2 is 1.73 bits per heavy atom. The van der Waals surface area contributed by atoms with Crippen LogP contribution in [-0.4, -0.2) is 35.1 Å². The second-order valence-electron chi connectivity index (χ2n) is 7.86. The molecule has 0 saturated carbocycles. The SMILES string of the molecule is O=C(O)CC1CN(Cc2ccc(Cl)cc2Cl)C(=O)N(c2ccccc2Oc2ccccc2)C1. The first kappa shape index (κ1) is 23.0. The fourth-order valence-corrected chi connectivity index (χ4v) is 4.37. The van der Waals surface area contributed by atoms with Crippen LogP contribution in [0.25, 0.3) is 0 Å². The summed E-state index contributed by atoms with van der Waals surface area (Å²) in [5, 5.41) is 10.4. The van der Waals surface area contributed by atoms with E-state index < -0.39 is 5.97 Å². The van der Waals surface area contributed by atoms with Gasteiger partial charge in [-0.05, 0) is 42.0 Å². The monoisotopic (exact) mass is 484 g/mol. The molecule has 6 nitrogen and oxygen atoms in total. The summed E-state index contributed by atoms with van der Waals surface area (Å²) in [5.74, 6) is -0.0255. The molecule has 0 aliphatic carbocycles. The van der Waals surface area contributed by atoms with Crippen molar-refractivity contribution >= 4 is 40.9 Å². The number of carbonyl (C=O) groups excluding carboxylic acids is 1. The molecule has 1 unspecified atom stereocenters. The van der Waals surface area contributed by atoms with Crippen LogP contribution in [-0.2, 0) is 11.3 Å². The first-order valence-electron chi connectivity index (χ1n) is 10.4. The van der Waals surface area contributed by atoms with E-state index in [0.717, 1.165) is 5.56 Å². The van der Waals surface area contributed by atoms with Gasteiger partial charge in [-0.1, -0.05) is 59.6 Å². The minimum atomic E-state index is -0.910. The molecule has 1 saturated heterocycles. The number of ether oxygens (including phenoxy) is 1. The van der Waals surface area contributed by atoms with Gasteiger partial charge in [0.2, 0.25) is 0 Å². The molecule has 2 amide bonds. The van der Waals surface area contributed by atoms with E-state index >= 15 is 0 Å². The summed E-state index contributed by atoms with van der Waals surface area (Å²) >= 11 is 12.3. The second kappa shape index (κ2) is 10.1. The molecule has 0 spiro atoms. The average Bonchev–Trinajstić information content (AvgIpc) is 2.78. The standard InChI is InChI=1S/C25H22Cl2N2O4/c26-19-11-10-18(21(27)13-19)16-28-14-17(12-24(30)31)15-29(25(28)32)22-8-4-5-9-23(22)33-20-6-2-1-3-7-20/h1-11,13,17H,12,14-16H2,(H,30,31). The molecule has 4 rings (SSSR count). The number of anilines is 1. The van der Waals surface area contributed by atoms with Crippen molar-refractivity contribution in [2.75, 3.05) is 18.0 Å². The van der Waals surface area contributed by atoms with Crippen LogP contribution in [0.3, 0.4) is 0 Å². The summed E-state index contributed by atoms with van der Waals surface area (Å²) in [4.78, 5) is 28.2. The largest absolute Gasteiger partial charge is 0.481 e. The van der Waals surface area contributed by atoms with Crippen LogP contribution in [0.5, 0.6) is 11.5 Å². The van der Waals surface area contributed by atoms with Crippen molar-refractivity contribution < 1.29 is 19.4 Å². The number of para-hydroxylation sites is 3. The van der Waals surface area contributed by atoms with E-state index in [1.54, 1.807) is 40.1 Å². The maximum Gasteiger partial charge on any atom is 0.324 e. The van der Waals surface area contributed by atoms with Gasteiger partial charge in [-0.15, -0.1) is 0 Å². The third-order valence-corrected chi connectivity index (χ3v) is 5.97. The number of aliphatic carboxylic acids is 1. The summed E-state index contributed by atoms with van der Waals surface area (Å²) in [7, 11) is 0. The van der Waals surface area contributed by atoms with Crippen molar-refractivity contribution in [1.82, 2.24) is 4.90 Å². The molecule has 1 atom stereocenters. The number of hydrogen-bond acceptors (Lipinski definition) is 3. The molecule has 3 aromatic rings. The highest BCUT2D eigenvalue weighted by Crippen LogP contribution is 2.35. The van der Waals surface area contributed by atoms with E-state index in [-0.39, 0.29) is 31.5 Å². The van der Waals surface area contributed by atoms with E-state index in [4.69, 9.17) is 27.9 Å². The maximum atomic E-state index is 13.5. The van der Waals surface area contributed by atoms with Crippen molar-refractivity contribution in [3.05, 3.63) is 88.4 Å². The Labute approximate surface area is 201 Å². The molecule has 8 heteroatoms. The normalized spacial score (nSPS) is 16.1. The number of amides is 2. The molecule has 1 heterocycles. The Balaban J connectivity index is 1.65. The topological polar surface area (TPSA) is 70.1 Å². The summed E-state index contributed by atoms with van der Waals surface area (Å²) in [6.45, 7) is 0.816. The highest BCUT2D eigenvalue weighted by Gasteiger charge is 2.35. The fraction of sp³-hybridized carbons (Fsp3) is 0.200. The van der Waals surface area contributed by atoms with Gasteiger partial charge in [0, 0.05) is 35.6 Å². The lowest BCUT2D eigenvalue weighted by atomic mass is 10.0. The summed E-state index contributed by atoms with van der Waals surface area (Å²) in [6, 6.07) is 21.4. The smallest absolute Gasteiger partial charge is 0.324 e. The van der Waals surface area contributed by atoms with Gasteiger partial charge in [0.15, 0.2) is 5.75 Å². The lowest BCUT2D eigenvalue weighted by molar-refractivity contribution is -0.138. The number of nitrogens with zero attached hydrogens (tertiary/aromatic N) is 2. The van der Waals surface area contributed by atoms with Crippen molar-refractivity contribution in [3.63, 3.8) is 0 Å². The number of rotatable bonds is 7. The van der Waals surface area contributed by atoms with Gasteiger partial charge in [0.1, 0.15) is 5.75 Å². The number of benzene rings is 3. The highest BCUT2D eigenvalue weighted by atomic mass is 35.5. The Morgan fingerprint density at radius 1 is 1.00 bits per heavy atom. The van der Waals surface area contributed by atoms with E-state index in [2.05, 4.69) is 0 Å². The predicted molar refractivity (Wildman–Crippen MR) is 128 cm³/mol. The molecule has 1 fully saturated rings. The molecule has 3 aromatic carbocycles. The van der Waals surface area contributed by atoms with E-state index in [1.807, 2.05) is 42.5 Å². The minimum absolute atomic E-state index is 0.0592. The third-order valence-electron chi connectivity index (χ3n) is 5.39. The summed E-state index contributed by atoms with van der Waals surface area (Å²) in [6.07, 6.45) is -0.0592. The number of halogens is 2. The number of carbonyl (C=O) groups is 2. The minimum Gasteiger partial charge on any atom is -0.481 e. The van der Waals surface area contributed by atoms with E-state index in [1.165, 1.54) is 0 Å². The van der Waals surface area contributed by atoms with Gasteiger partial charge in [0.05, 0.1) is 12.1 Å². The number of carboxylic acids is 1. The Morgan fingerprint density at radius 3 is 2.45 bits per heavy atom. The van der Waals surface area contributed by atoms with Gasteiger partial charge in [-0.2, -0.15) is 0 Å². The molecular formula is C25H22Cl2N2O4. The van der Waals surface area contributed by atoms with E-state index in [0.29, 0.717) is 33.8 Å². The van der Waals surface area contributed by atoms with Crippen molar-refractivity contribution in [2.45, 2.75) is 13.0 Å². The maximum absolute atomic E-state index is 13.5. The molecule has 0 bridgehead atoms. The average molecular weight is 485 g/mol. The second-order valence-corrected chi connectivity index (χ2v) is 8.70. The van der Waals surface area contributed by atoms with Crippen LogP contribution in [0.4, 0.5) is 10.5 Å². The molecule has 0 aromatic heterocycles. The number of urea groups is 1. The molecule has 1 N–H and O–H groups in total. The third kappa shape index (κ3) is 5.59. The zero-order valence-corrected chi connectivity index (χ0v) is 19.2. The fourth-order valence-electron chi connectivity index (χ4n) is 3.90. The molecule has 170 valence electrons. The van der Waals surface area contributed by atoms with Crippen molar-refractivity contribution in [3.8, 4) is 11.5 Å². The van der Waals surface area contributed by atoms with Gasteiger partial charge in [-0.3, -0.25) is 9.69 Å². The van der Waals surface area contributed by atoms with Crippen molar-refractivity contribution in [2.24, 2.45) is 5.92 Å². The lowest BCUT2D eigenvalue weighted by Gasteiger charge is -2.40. The summed E-state index contributed by atoms with van der Waals surface area (Å²) < 4.78 is 6.05. The van der Waals surface area contributed by atoms with Crippen LogP contribution in [0.2, 0.25) is 10.0 Å². The van der Waals surface area contributed by atoms with Gasteiger partial charge in [-0.25, -0.2) is 4.79 Å². The number of hydrogen-bond donors (Lipinski definition) is 1. The first-order valence-corrected chi connectivity index (χ1v) is 11.2. The zero-order chi connectivity index (χ0) is 23.4. The lowest BCUT2D eigenvalue weighted by Crippen LogP contribution is -2.53. The van der Waals surface area contributed by atoms with Gasteiger partial charge >= 0.3 is 12.0 Å². The summed E-state index contributed by atoms with van der Waals surface area (Å²) in [5.41, 5.74) is 1.31. The van der Waals surface area contributed by atoms with Crippen LogP contribution in [0.1, 0.15) is 12.0 Å². The Hall–Kier alpha value is -3.22. The molecular weight excluding hydrogens is 463 g/mol. The molecule has 1 aliphatic heterocycles. The van der Waals surface area contributed by atoms with Crippen LogP contribution in [0, 0.1) is 5.92 Å². The van der Waals surface area contributed by atoms with Crippen LogP contribution < -0.4 is 9.64 Å². The molecule has 0 radical (unpaired) electrons. The van der Waals surface area contributed by atoms with Gasteiger partial charge < -0.3 is 14.7 Å². The van der Waals surface area contributed by atoms with Gasteiger partial charge in [0.25, 0.3) is 0 Å². The Bertz CT molecular complexity index is 1160. The van der Waals surface area contributed by atoms with Crippen LogP contribution >= 0.6 is 23.2 Å².